The molecule has 0 spiro atoms. The summed E-state index contributed by atoms with van der Waals surface area (Å²) in [5.74, 6) is 0.265. The Morgan fingerprint density at radius 2 is 1.89 bits per heavy atom. The number of hydrogen-bond donors (Lipinski definition) is 1. The second-order valence-corrected chi connectivity index (χ2v) is 8.34. The van der Waals surface area contributed by atoms with Crippen molar-refractivity contribution in [1.82, 2.24) is 9.80 Å². The molecule has 2 fully saturated rings. The van der Waals surface area contributed by atoms with Gasteiger partial charge in [-0.15, -0.1) is 0 Å². The van der Waals surface area contributed by atoms with Crippen molar-refractivity contribution in [3.05, 3.63) is 48.0 Å². The number of rotatable bonds is 8. The molecule has 28 heavy (non-hydrogen) atoms. The van der Waals surface area contributed by atoms with Gasteiger partial charge in [-0.1, -0.05) is 42.5 Å². The fourth-order valence-electron chi connectivity index (χ4n) is 4.64. The van der Waals surface area contributed by atoms with Crippen molar-refractivity contribution in [2.75, 3.05) is 19.7 Å². The first-order valence-electron chi connectivity index (χ1n) is 10.9. The molecule has 4 rings (SSSR count). The lowest BCUT2D eigenvalue weighted by Gasteiger charge is -2.36. The van der Waals surface area contributed by atoms with Gasteiger partial charge in [0.25, 0.3) is 0 Å². The van der Waals surface area contributed by atoms with Crippen LogP contribution in [0.1, 0.15) is 50.5 Å². The van der Waals surface area contributed by atoms with E-state index in [4.69, 9.17) is 0 Å². The van der Waals surface area contributed by atoms with E-state index in [0.717, 1.165) is 32.5 Å². The average molecular weight is 381 g/mol. The number of carbonyl (C=O) groups excluding carboxylic acids is 1. The summed E-state index contributed by atoms with van der Waals surface area (Å²) in [5.41, 5.74) is 1.36. The molecule has 4 heteroatoms. The Hall–Kier alpha value is -1.91. The third-order valence-electron chi connectivity index (χ3n) is 6.34. The highest BCUT2D eigenvalue weighted by Crippen LogP contribution is 2.30. The molecule has 1 amide bonds. The van der Waals surface area contributed by atoms with Crippen molar-refractivity contribution in [3.8, 4) is 0 Å². The summed E-state index contributed by atoms with van der Waals surface area (Å²) >= 11 is 0. The highest BCUT2D eigenvalue weighted by atomic mass is 16.3. The number of benzene rings is 2. The molecule has 0 radical (unpaired) electrons. The molecule has 1 aliphatic heterocycles. The van der Waals surface area contributed by atoms with Gasteiger partial charge in [-0.05, 0) is 54.9 Å². The molecule has 0 aromatic heterocycles. The maximum atomic E-state index is 12.9. The monoisotopic (exact) mass is 380 g/mol. The largest absolute Gasteiger partial charge is 0.396 e. The molecule has 1 N–H and O–H groups in total. The Labute approximate surface area is 168 Å². The lowest BCUT2D eigenvalue weighted by atomic mass is 9.99. The van der Waals surface area contributed by atoms with Crippen molar-refractivity contribution in [1.29, 1.82) is 0 Å². The number of nitrogens with zero attached hydrogens (tertiary/aromatic N) is 2. The van der Waals surface area contributed by atoms with E-state index in [2.05, 4.69) is 47.4 Å². The highest BCUT2D eigenvalue weighted by molar-refractivity contribution is 5.85. The van der Waals surface area contributed by atoms with Crippen LogP contribution < -0.4 is 0 Å². The fourth-order valence-corrected chi connectivity index (χ4v) is 4.64. The molecule has 1 atom stereocenters. The first-order chi connectivity index (χ1) is 13.8. The van der Waals surface area contributed by atoms with Crippen LogP contribution >= 0.6 is 0 Å². The highest BCUT2D eigenvalue weighted by Gasteiger charge is 2.31. The van der Waals surface area contributed by atoms with E-state index in [-0.39, 0.29) is 18.6 Å². The normalized spacial score (nSPS) is 20.1. The zero-order valence-corrected chi connectivity index (χ0v) is 16.7. The van der Waals surface area contributed by atoms with Gasteiger partial charge in [-0.2, -0.15) is 0 Å². The molecule has 0 bridgehead atoms. The van der Waals surface area contributed by atoms with Crippen LogP contribution in [0.25, 0.3) is 10.8 Å². The van der Waals surface area contributed by atoms with Crippen LogP contribution in [0.15, 0.2) is 42.5 Å². The SMILES string of the molecule is O=C(CCN(Cc1cccc2ccccc12)C1CC1)N1CCCCC1CCO. The Morgan fingerprint density at radius 1 is 1.07 bits per heavy atom. The average Bonchev–Trinajstić information content (AvgIpc) is 3.57. The number of aliphatic hydroxyl groups is 1. The number of fused-ring (bicyclic) bond motifs is 1. The zero-order chi connectivity index (χ0) is 19.3. The van der Waals surface area contributed by atoms with Gasteiger partial charge in [0.2, 0.25) is 5.91 Å². The van der Waals surface area contributed by atoms with Gasteiger partial charge < -0.3 is 10.0 Å². The number of amides is 1. The van der Waals surface area contributed by atoms with Crippen molar-refractivity contribution >= 4 is 16.7 Å². The van der Waals surface area contributed by atoms with Crippen LogP contribution in [0.5, 0.6) is 0 Å². The summed E-state index contributed by atoms with van der Waals surface area (Å²) in [4.78, 5) is 17.5. The minimum absolute atomic E-state index is 0.170. The van der Waals surface area contributed by atoms with E-state index < -0.39 is 0 Å². The number of hydrogen-bond acceptors (Lipinski definition) is 3. The van der Waals surface area contributed by atoms with Crippen molar-refractivity contribution in [2.24, 2.45) is 0 Å². The molecular weight excluding hydrogens is 348 g/mol. The third kappa shape index (κ3) is 4.56. The predicted octanol–water partition coefficient (Wildman–Crippen LogP) is 3.96. The number of piperidine rings is 1. The van der Waals surface area contributed by atoms with Crippen LogP contribution in [-0.4, -0.2) is 52.6 Å². The predicted molar refractivity (Wildman–Crippen MR) is 113 cm³/mol. The van der Waals surface area contributed by atoms with Gasteiger partial charge in [0.05, 0.1) is 0 Å². The van der Waals surface area contributed by atoms with E-state index in [9.17, 15) is 9.90 Å². The second-order valence-electron chi connectivity index (χ2n) is 8.34. The Balaban J connectivity index is 1.41. The summed E-state index contributed by atoms with van der Waals surface area (Å²) in [6.07, 6.45) is 7.09. The van der Waals surface area contributed by atoms with E-state index in [1.54, 1.807) is 0 Å². The molecule has 1 saturated carbocycles. The molecule has 2 aliphatic rings. The molecule has 1 saturated heterocycles. The maximum absolute atomic E-state index is 12.9. The standard InChI is InChI=1S/C24H32N2O2/c27-17-14-22-9-3-4-15-26(22)24(28)13-16-25(21-11-12-21)18-20-8-5-7-19-6-1-2-10-23(19)20/h1-2,5-8,10,21-22,27H,3-4,9,11-18H2. The van der Waals surface area contributed by atoms with Gasteiger partial charge in [-0.25, -0.2) is 0 Å². The molecular formula is C24H32N2O2. The lowest BCUT2D eigenvalue weighted by Crippen LogP contribution is -2.45. The summed E-state index contributed by atoms with van der Waals surface area (Å²) < 4.78 is 0. The van der Waals surface area contributed by atoms with E-state index >= 15 is 0 Å². The van der Waals surface area contributed by atoms with E-state index in [1.165, 1.54) is 35.6 Å². The van der Waals surface area contributed by atoms with Crippen molar-refractivity contribution < 1.29 is 9.90 Å². The van der Waals surface area contributed by atoms with Crippen molar-refractivity contribution in [3.63, 3.8) is 0 Å². The number of aliphatic hydroxyl groups excluding tert-OH is 1. The molecule has 1 aliphatic carbocycles. The van der Waals surface area contributed by atoms with Crippen LogP contribution in [0.2, 0.25) is 0 Å². The van der Waals surface area contributed by atoms with Gasteiger partial charge >= 0.3 is 0 Å². The molecule has 2 aromatic carbocycles. The number of likely N-dealkylation sites (tertiary alicyclic amines) is 1. The Bertz CT molecular complexity index is 795. The minimum atomic E-state index is 0.170. The van der Waals surface area contributed by atoms with Crippen LogP contribution in [0, 0.1) is 0 Å². The van der Waals surface area contributed by atoms with Crippen molar-refractivity contribution in [2.45, 2.75) is 63.6 Å². The van der Waals surface area contributed by atoms with Crippen LogP contribution in [0.3, 0.4) is 0 Å². The molecule has 4 nitrogen and oxygen atoms in total. The van der Waals surface area contributed by atoms with Crippen LogP contribution in [-0.2, 0) is 11.3 Å². The summed E-state index contributed by atoms with van der Waals surface area (Å²) in [6.45, 7) is 2.77. The fraction of sp³-hybridized carbons (Fsp3) is 0.542. The topological polar surface area (TPSA) is 43.8 Å². The van der Waals surface area contributed by atoms with Gasteiger partial charge in [0, 0.05) is 44.7 Å². The minimum Gasteiger partial charge on any atom is -0.396 e. The quantitative estimate of drug-likeness (QED) is 0.754. The first-order valence-corrected chi connectivity index (χ1v) is 10.9. The number of carbonyl (C=O) groups is 1. The van der Waals surface area contributed by atoms with Gasteiger partial charge in [0.1, 0.15) is 0 Å². The maximum Gasteiger partial charge on any atom is 0.224 e. The smallest absolute Gasteiger partial charge is 0.224 e. The molecule has 1 unspecified atom stereocenters. The molecule has 1 heterocycles. The van der Waals surface area contributed by atoms with Gasteiger partial charge in [-0.3, -0.25) is 9.69 Å². The summed E-state index contributed by atoms with van der Waals surface area (Å²) in [7, 11) is 0. The summed E-state index contributed by atoms with van der Waals surface area (Å²) in [5, 5.41) is 11.9. The van der Waals surface area contributed by atoms with E-state index in [1.807, 2.05) is 4.90 Å². The summed E-state index contributed by atoms with van der Waals surface area (Å²) in [6, 6.07) is 16.0. The molecule has 150 valence electrons. The Morgan fingerprint density at radius 3 is 2.71 bits per heavy atom. The molecule has 2 aromatic rings. The first kappa shape index (κ1) is 19.4. The zero-order valence-electron chi connectivity index (χ0n) is 16.7. The van der Waals surface area contributed by atoms with Crippen LogP contribution in [0.4, 0.5) is 0 Å². The lowest BCUT2D eigenvalue weighted by molar-refractivity contribution is -0.135. The van der Waals surface area contributed by atoms with E-state index in [0.29, 0.717) is 18.9 Å². The van der Waals surface area contributed by atoms with Gasteiger partial charge in [0.15, 0.2) is 0 Å². The Kier molecular flexibility index (Phi) is 6.28. The second kappa shape index (κ2) is 9.06. The third-order valence-corrected chi connectivity index (χ3v) is 6.34.